The van der Waals surface area contributed by atoms with E-state index in [0.29, 0.717) is 5.56 Å². The van der Waals surface area contributed by atoms with Gasteiger partial charge in [0.15, 0.2) is 0 Å². The number of esters is 2. The molecule has 4 rings (SSSR count). The Balaban J connectivity index is 1.56. The fourth-order valence-electron chi connectivity index (χ4n) is 3.87. The van der Waals surface area contributed by atoms with Crippen molar-refractivity contribution >= 4 is 23.5 Å². The quantitative estimate of drug-likeness (QED) is 0.274. The van der Waals surface area contributed by atoms with Gasteiger partial charge in [-0.2, -0.15) is 0 Å². The van der Waals surface area contributed by atoms with Crippen LogP contribution in [0.3, 0.4) is 0 Å². The topological polar surface area (TPSA) is 108 Å². The van der Waals surface area contributed by atoms with Gasteiger partial charge in [0.25, 0.3) is 0 Å². The summed E-state index contributed by atoms with van der Waals surface area (Å²) in [6, 6.07) is 27.9. The summed E-state index contributed by atoms with van der Waals surface area (Å²) in [5, 5.41) is 2.72. The zero-order chi connectivity index (χ0) is 27.6. The molecule has 0 spiro atoms. The molecule has 1 amide bonds. The third-order valence-corrected chi connectivity index (χ3v) is 5.92. The number of carbonyl (C=O) groups excluding carboxylic acids is 3. The summed E-state index contributed by atoms with van der Waals surface area (Å²) in [6.07, 6.45) is 0. The molecule has 7 nitrogen and oxygen atoms in total. The molecule has 8 heteroatoms. The van der Waals surface area contributed by atoms with Crippen LogP contribution >= 0.6 is 0 Å². The number of nitrogens with two attached hydrogens (primary N) is 1. The lowest BCUT2D eigenvalue weighted by molar-refractivity contribution is -0.117. The molecular formula is C31H27FN2O5. The highest BCUT2D eigenvalue weighted by Gasteiger charge is 2.22. The molecule has 3 N–H and O–H groups in total. The normalized spacial score (nSPS) is 11.3. The Morgan fingerprint density at radius 2 is 1.21 bits per heavy atom. The van der Waals surface area contributed by atoms with Crippen LogP contribution in [-0.4, -0.2) is 24.4 Å². The average molecular weight is 527 g/mol. The second-order valence-corrected chi connectivity index (χ2v) is 8.75. The van der Waals surface area contributed by atoms with Gasteiger partial charge >= 0.3 is 11.9 Å². The standard InChI is InChI=1S/C31H27FN2O5/c32-26-13-11-23(12-14-26)28(18-33)29(35)34-27-16-24(30(36)38-19-21-7-3-1-4-8-21)15-25(17-27)31(37)39-20-22-9-5-2-6-10-22/h1-17,28H,18-20,33H2,(H,34,35). The molecule has 198 valence electrons. The van der Waals surface area contributed by atoms with E-state index in [9.17, 15) is 18.8 Å². The Bertz CT molecular complexity index is 1350. The van der Waals surface area contributed by atoms with E-state index in [-0.39, 0.29) is 36.6 Å². The van der Waals surface area contributed by atoms with E-state index < -0.39 is 29.6 Å². The summed E-state index contributed by atoms with van der Waals surface area (Å²) < 4.78 is 24.2. The molecule has 0 bridgehead atoms. The van der Waals surface area contributed by atoms with Gasteiger partial charge in [-0.25, -0.2) is 14.0 Å². The minimum absolute atomic E-state index is 0.0316. The van der Waals surface area contributed by atoms with Crippen molar-refractivity contribution in [2.45, 2.75) is 19.1 Å². The summed E-state index contributed by atoms with van der Waals surface area (Å²) >= 11 is 0. The van der Waals surface area contributed by atoms with Crippen molar-refractivity contribution < 1.29 is 28.2 Å². The van der Waals surface area contributed by atoms with Crippen LogP contribution in [0.2, 0.25) is 0 Å². The molecule has 0 radical (unpaired) electrons. The molecule has 0 aromatic heterocycles. The molecule has 0 heterocycles. The van der Waals surface area contributed by atoms with E-state index in [1.165, 1.54) is 42.5 Å². The smallest absolute Gasteiger partial charge is 0.338 e. The second-order valence-electron chi connectivity index (χ2n) is 8.75. The molecule has 39 heavy (non-hydrogen) atoms. The van der Waals surface area contributed by atoms with Crippen molar-refractivity contribution in [1.82, 2.24) is 0 Å². The second kappa shape index (κ2) is 13.1. The van der Waals surface area contributed by atoms with Crippen molar-refractivity contribution in [1.29, 1.82) is 0 Å². The molecule has 4 aromatic rings. The van der Waals surface area contributed by atoms with Crippen LogP contribution in [-0.2, 0) is 27.5 Å². The molecule has 0 saturated carbocycles. The molecule has 0 saturated heterocycles. The minimum atomic E-state index is -0.784. The van der Waals surface area contributed by atoms with Crippen LogP contribution in [0.5, 0.6) is 0 Å². The number of amides is 1. The summed E-state index contributed by atoms with van der Waals surface area (Å²) in [6.45, 7) is 0.0238. The first-order valence-electron chi connectivity index (χ1n) is 12.3. The summed E-state index contributed by atoms with van der Waals surface area (Å²) in [7, 11) is 0. The lowest BCUT2D eigenvalue weighted by Crippen LogP contribution is -2.27. The Morgan fingerprint density at radius 3 is 1.67 bits per heavy atom. The molecule has 0 aliphatic carbocycles. The van der Waals surface area contributed by atoms with Crippen LogP contribution in [0.15, 0.2) is 103 Å². The molecule has 1 atom stereocenters. The van der Waals surface area contributed by atoms with Gasteiger partial charge in [-0.1, -0.05) is 72.8 Å². The first-order valence-corrected chi connectivity index (χ1v) is 12.3. The monoisotopic (exact) mass is 526 g/mol. The number of anilines is 1. The number of hydrogen-bond donors (Lipinski definition) is 2. The molecular weight excluding hydrogens is 499 g/mol. The Hall–Kier alpha value is -4.82. The van der Waals surface area contributed by atoms with Crippen molar-refractivity contribution in [3.63, 3.8) is 0 Å². The number of halogens is 1. The van der Waals surface area contributed by atoms with Crippen LogP contribution < -0.4 is 11.1 Å². The number of hydrogen-bond acceptors (Lipinski definition) is 6. The lowest BCUT2D eigenvalue weighted by Gasteiger charge is -2.16. The molecule has 0 aliphatic heterocycles. The molecule has 0 fully saturated rings. The maximum absolute atomic E-state index is 13.4. The summed E-state index contributed by atoms with van der Waals surface area (Å²) in [5.41, 5.74) is 8.25. The van der Waals surface area contributed by atoms with Gasteiger partial charge in [-0.05, 0) is 47.0 Å². The van der Waals surface area contributed by atoms with E-state index in [1.807, 2.05) is 60.7 Å². The number of rotatable bonds is 10. The van der Waals surface area contributed by atoms with Gasteiger partial charge in [0, 0.05) is 12.2 Å². The third-order valence-electron chi connectivity index (χ3n) is 5.92. The first kappa shape index (κ1) is 27.2. The fraction of sp³-hybridized carbons (Fsp3) is 0.129. The van der Waals surface area contributed by atoms with Gasteiger partial charge in [-0.3, -0.25) is 4.79 Å². The van der Waals surface area contributed by atoms with Gasteiger partial charge in [0.05, 0.1) is 17.0 Å². The predicted molar refractivity (Wildman–Crippen MR) is 144 cm³/mol. The van der Waals surface area contributed by atoms with Gasteiger partial charge in [0.1, 0.15) is 19.0 Å². The Kier molecular flexibility index (Phi) is 9.16. The van der Waals surface area contributed by atoms with Gasteiger partial charge < -0.3 is 20.5 Å². The van der Waals surface area contributed by atoms with Crippen LogP contribution in [0.25, 0.3) is 0 Å². The van der Waals surface area contributed by atoms with Crippen molar-refractivity contribution in [2.24, 2.45) is 5.73 Å². The van der Waals surface area contributed by atoms with Crippen LogP contribution in [0, 0.1) is 5.82 Å². The zero-order valence-corrected chi connectivity index (χ0v) is 21.0. The van der Waals surface area contributed by atoms with Crippen molar-refractivity contribution in [3.8, 4) is 0 Å². The number of carbonyl (C=O) groups is 3. The summed E-state index contributed by atoms with van der Waals surface area (Å²) in [4.78, 5) is 38.9. The summed E-state index contributed by atoms with van der Waals surface area (Å²) in [5.74, 6) is -3.06. The van der Waals surface area contributed by atoms with E-state index in [4.69, 9.17) is 15.2 Å². The first-order chi connectivity index (χ1) is 18.9. The maximum Gasteiger partial charge on any atom is 0.338 e. The maximum atomic E-state index is 13.4. The average Bonchev–Trinajstić information content (AvgIpc) is 2.97. The number of ether oxygens (including phenoxy) is 2. The Labute approximate surface area is 225 Å². The highest BCUT2D eigenvalue weighted by molar-refractivity contribution is 6.01. The molecule has 1 unspecified atom stereocenters. The van der Waals surface area contributed by atoms with E-state index in [1.54, 1.807) is 0 Å². The van der Waals surface area contributed by atoms with Crippen molar-refractivity contribution in [2.75, 3.05) is 11.9 Å². The van der Waals surface area contributed by atoms with Gasteiger partial charge in [0.2, 0.25) is 5.91 Å². The molecule has 0 aliphatic rings. The number of nitrogens with one attached hydrogen (secondary N) is 1. The van der Waals surface area contributed by atoms with E-state index in [2.05, 4.69) is 5.32 Å². The van der Waals surface area contributed by atoms with E-state index >= 15 is 0 Å². The molecule has 4 aromatic carbocycles. The van der Waals surface area contributed by atoms with Crippen molar-refractivity contribution in [3.05, 3.63) is 137 Å². The van der Waals surface area contributed by atoms with Crippen LogP contribution in [0.4, 0.5) is 10.1 Å². The Morgan fingerprint density at radius 1 is 0.718 bits per heavy atom. The highest BCUT2D eigenvalue weighted by Crippen LogP contribution is 2.22. The zero-order valence-electron chi connectivity index (χ0n) is 21.0. The lowest BCUT2D eigenvalue weighted by atomic mass is 9.98. The highest BCUT2D eigenvalue weighted by atomic mass is 19.1. The number of benzene rings is 4. The fourth-order valence-corrected chi connectivity index (χ4v) is 3.87. The van der Waals surface area contributed by atoms with E-state index in [0.717, 1.165) is 11.1 Å². The minimum Gasteiger partial charge on any atom is -0.457 e. The van der Waals surface area contributed by atoms with Crippen LogP contribution in [0.1, 0.15) is 43.3 Å². The predicted octanol–water partition coefficient (Wildman–Crippen LogP) is 5.22. The van der Waals surface area contributed by atoms with Gasteiger partial charge in [-0.15, -0.1) is 0 Å². The largest absolute Gasteiger partial charge is 0.457 e. The third kappa shape index (κ3) is 7.59. The SMILES string of the molecule is NCC(C(=O)Nc1cc(C(=O)OCc2ccccc2)cc(C(=O)OCc2ccccc2)c1)c1ccc(F)cc1.